The van der Waals surface area contributed by atoms with E-state index in [0.29, 0.717) is 39.0 Å². The molecule has 5 aromatic rings. The van der Waals surface area contributed by atoms with Crippen LogP contribution < -0.4 is 11.3 Å². The van der Waals surface area contributed by atoms with E-state index in [2.05, 4.69) is 19.9 Å². The molecule has 6 nitrogen and oxygen atoms in total. The second-order valence-corrected chi connectivity index (χ2v) is 7.40. The number of anilines is 1. The molecule has 4 N–H and O–H groups in total. The van der Waals surface area contributed by atoms with Crippen molar-refractivity contribution in [3.8, 4) is 0 Å². The zero-order valence-corrected chi connectivity index (χ0v) is 15.5. The van der Waals surface area contributed by atoms with E-state index in [0.717, 1.165) is 0 Å². The summed E-state index contributed by atoms with van der Waals surface area (Å²) in [5, 5.41) is 1.48. The monoisotopic (exact) mass is 431 g/mol. The summed E-state index contributed by atoms with van der Waals surface area (Å²) in [7, 11) is 0. The number of benzene rings is 2. The third-order valence-corrected chi connectivity index (χ3v) is 5.59. The van der Waals surface area contributed by atoms with Gasteiger partial charge in [0.05, 0.1) is 21.3 Å². The van der Waals surface area contributed by atoms with Gasteiger partial charge in [-0.25, -0.2) is 18.2 Å². The van der Waals surface area contributed by atoms with Crippen LogP contribution in [-0.2, 0) is 0 Å². The Balaban J connectivity index is 1.83. The standard InChI is InChI=1S/C19H9F4N5OS/c20-6-1-2-7-9(5-6)10-8(3-4-25-18(10)29)14-13(7)26-19(27-14)30-15-11(21)16(23)28-17(24)12(15)22/h1-5H,(H2,24,28)(H,25,29)(H,26,27). The first-order chi connectivity index (χ1) is 14.3. The highest BCUT2D eigenvalue weighted by molar-refractivity contribution is 7.99. The maximum absolute atomic E-state index is 14.2. The molecule has 0 atom stereocenters. The molecule has 0 saturated carbocycles. The molecule has 0 fully saturated rings. The number of nitrogens with one attached hydrogen (secondary N) is 2. The van der Waals surface area contributed by atoms with E-state index < -0.39 is 39.7 Å². The van der Waals surface area contributed by atoms with Crippen LogP contribution in [0.3, 0.4) is 0 Å². The van der Waals surface area contributed by atoms with E-state index >= 15 is 0 Å². The minimum Gasteiger partial charge on any atom is -0.381 e. The fourth-order valence-corrected chi connectivity index (χ4v) is 4.22. The SMILES string of the molecule is Nc1nc(F)c(F)c(Sc2nc3c4ccc(F)cc4c4c(=O)[nH]ccc4c3[nH]2)c1F. The smallest absolute Gasteiger partial charge is 0.256 e. The molecular weight excluding hydrogens is 422 g/mol. The van der Waals surface area contributed by atoms with Gasteiger partial charge in [0, 0.05) is 22.4 Å². The average molecular weight is 431 g/mol. The number of aromatic amines is 2. The van der Waals surface area contributed by atoms with Gasteiger partial charge in [0.1, 0.15) is 5.82 Å². The topological polar surface area (TPSA) is 100 Å². The quantitative estimate of drug-likeness (QED) is 0.221. The fraction of sp³-hybridized carbons (Fsp3) is 0. The highest BCUT2D eigenvalue weighted by Gasteiger charge is 2.22. The van der Waals surface area contributed by atoms with E-state index in [-0.39, 0.29) is 10.5 Å². The van der Waals surface area contributed by atoms with E-state index in [1.165, 1.54) is 24.4 Å². The molecule has 30 heavy (non-hydrogen) atoms. The van der Waals surface area contributed by atoms with Crippen LogP contribution >= 0.6 is 11.8 Å². The summed E-state index contributed by atoms with van der Waals surface area (Å²) < 4.78 is 55.8. The lowest BCUT2D eigenvalue weighted by Gasteiger charge is -2.05. The summed E-state index contributed by atoms with van der Waals surface area (Å²) in [5.41, 5.74) is 5.61. The number of pyridine rings is 2. The van der Waals surface area contributed by atoms with Crippen LogP contribution in [-0.4, -0.2) is 19.9 Å². The van der Waals surface area contributed by atoms with Crippen LogP contribution in [0, 0.1) is 23.4 Å². The molecule has 0 radical (unpaired) electrons. The first kappa shape index (κ1) is 18.4. The van der Waals surface area contributed by atoms with E-state index in [1.54, 1.807) is 6.07 Å². The Bertz CT molecular complexity index is 1540. The minimum absolute atomic E-state index is 0.0196. The predicted molar refractivity (Wildman–Crippen MR) is 104 cm³/mol. The largest absolute Gasteiger partial charge is 0.381 e. The van der Waals surface area contributed by atoms with Gasteiger partial charge in [-0.3, -0.25) is 4.79 Å². The van der Waals surface area contributed by atoms with Crippen LogP contribution in [0.1, 0.15) is 0 Å². The van der Waals surface area contributed by atoms with Crippen molar-refractivity contribution >= 4 is 50.2 Å². The number of fused-ring (bicyclic) bond motifs is 6. The van der Waals surface area contributed by atoms with Gasteiger partial charge < -0.3 is 15.7 Å². The highest BCUT2D eigenvalue weighted by atomic mass is 32.2. The number of nitrogens with two attached hydrogens (primary N) is 1. The molecule has 3 heterocycles. The molecule has 3 aromatic heterocycles. The normalized spacial score (nSPS) is 11.7. The van der Waals surface area contributed by atoms with Gasteiger partial charge >= 0.3 is 0 Å². The summed E-state index contributed by atoms with van der Waals surface area (Å²) in [6.07, 6.45) is 1.42. The van der Waals surface area contributed by atoms with E-state index in [4.69, 9.17) is 5.73 Å². The number of hydrogen-bond donors (Lipinski definition) is 3. The van der Waals surface area contributed by atoms with Gasteiger partial charge in [0.2, 0.25) is 0 Å². The summed E-state index contributed by atoms with van der Waals surface area (Å²) >= 11 is 0.483. The molecule has 2 aromatic carbocycles. The molecule has 0 spiro atoms. The number of hydrogen-bond acceptors (Lipinski definition) is 5. The van der Waals surface area contributed by atoms with E-state index in [9.17, 15) is 22.4 Å². The molecule has 0 amide bonds. The lowest BCUT2D eigenvalue weighted by Crippen LogP contribution is -2.05. The Morgan fingerprint density at radius 2 is 1.77 bits per heavy atom. The van der Waals surface area contributed by atoms with Crippen LogP contribution in [0.5, 0.6) is 0 Å². The number of nitrogen functional groups attached to an aromatic ring is 1. The summed E-state index contributed by atoms with van der Waals surface area (Å²) in [6.45, 7) is 0. The van der Waals surface area contributed by atoms with Crippen molar-refractivity contribution in [1.29, 1.82) is 0 Å². The zero-order chi connectivity index (χ0) is 21.2. The van der Waals surface area contributed by atoms with Crippen molar-refractivity contribution < 1.29 is 17.6 Å². The molecule has 0 saturated heterocycles. The van der Waals surface area contributed by atoms with Crippen molar-refractivity contribution in [2.45, 2.75) is 10.1 Å². The van der Waals surface area contributed by atoms with Crippen LogP contribution in [0.25, 0.3) is 32.6 Å². The van der Waals surface area contributed by atoms with Gasteiger partial charge in [-0.05, 0) is 36.0 Å². The van der Waals surface area contributed by atoms with Crippen molar-refractivity contribution in [3.63, 3.8) is 0 Å². The second kappa shape index (κ2) is 6.46. The van der Waals surface area contributed by atoms with Crippen molar-refractivity contribution in [2.24, 2.45) is 0 Å². The van der Waals surface area contributed by atoms with Crippen LogP contribution in [0.4, 0.5) is 23.4 Å². The zero-order valence-electron chi connectivity index (χ0n) is 14.7. The third kappa shape index (κ3) is 2.62. The first-order valence-corrected chi connectivity index (χ1v) is 9.27. The van der Waals surface area contributed by atoms with Crippen LogP contribution in [0.15, 0.2) is 45.3 Å². The van der Waals surface area contributed by atoms with E-state index in [1.807, 2.05) is 0 Å². The van der Waals surface area contributed by atoms with Gasteiger partial charge in [0.15, 0.2) is 22.6 Å². The molecule has 0 bridgehead atoms. The highest BCUT2D eigenvalue weighted by Crippen LogP contribution is 2.37. The number of H-pyrrole nitrogens is 2. The van der Waals surface area contributed by atoms with Crippen molar-refractivity contribution in [2.75, 3.05) is 5.73 Å². The summed E-state index contributed by atoms with van der Waals surface area (Å²) in [5.74, 6) is -5.58. The van der Waals surface area contributed by atoms with Crippen molar-refractivity contribution in [1.82, 2.24) is 19.9 Å². The van der Waals surface area contributed by atoms with Crippen LogP contribution in [0.2, 0.25) is 0 Å². The molecule has 11 heteroatoms. The molecule has 5 rings (SSSR count). The maximum Gasteiger partial charge on any atom is 0.256 e. The Kier molecular flexibility index (Phi) is 3.97. The molecule has 0 aliphatic heterocycles. The maximum atomic E-state index is 14.2. The lowest BCUT2D eigenvalue weighted by molar-refractivity contribution is 0.442. The number of imidazole rings is 1. The third-order valence-electron chi connectivity index (χ3n) is 4.64. The number of aromatic nitrogens is 4. The molecule has 150 valence electrons. The van der Waals surface area contributed by atoms with Gasteiger partial charge in [-0.2, -0.15) is 9.37 Å². The number of rotatable bonds is 2. The molecule has 0 unspecified atom stereocenters. The number of halogens is 4. The van der Waals surface area contributed by atoms with Crippen molar-refractivity contribution in [3.05, 3.63) is 64.2 Å². The van der Waals surface area contributed by atoms with Gasteiger partial charge in [-0.15, -0.1) is 0 Å². The Morgan fingerprint density at radius 3 is 2.57 bits per heavy atom. The Labute approximate surface area is 168 Å². The summed E-state index contributed by atoms with van der Waals surface area (Å²) in [4.78, 5) is 24.5. The molecule has 0 aliphatic carbocycles. The minimum atomic E-state index is -1.54. The Hall–Kier alpha value is -3.60. The second-order valence-electron chi connectivity index (χ2n) is 6.40. The molecular formula is C19H9F4N5OS. The first-order valence-electron chi connectivity index (χ1n) is 8.45. The van der Waals surface area contributed by atoms with Gasteiger partial charge in [0.25, 0.3) is 11.5 Å². The predicted octanol–water partition coefficient (Wildman–Crippen LogP) is 4.24. The number of nitrogens with zero attached hydrogens (tertiary/aromatic N) is 2. The summed E-state index contributed by atoms with van der Waals surface area (Å²) in [6, 6.07) is 5.48. The average Bonchev–Trinajstić information content (AvgIpc) is 3.14. The van der Waals surface area contributed by atoms with Gasteiger partial charge in [-0.1, -0.05) is 0 Å². The molecule has 0 aliphatic rings. The fourth-order valence-electron chi connectivity index (χ4n) is 3.37. The Morgan fingerprint density at radius 1 is 0.967 bits per heavy atom. The lowest BCUT2D eigenvalue weighted by atomic mass is 10.0.